The van der Waals surface area contributed by atoms with Crippen LogP contribution < -0.4 is 5.32 Å². The SMILES string of the molecule is CC(C)NC(=O)CN1CCC(n2cccc2C(=O)O)CC1. The summed E-state index contributed by atoms with van der Waals surface area (Å²) in [5, 5.41) is 12.0. The minimum absolute atomic E-state index is 0.0515. The molecule has 21 heavy (non-hydrogen) atoms. The molecule has 6 nitrogen and oxygen atoms in total. The lowest BCUT2D eigenvalue weighted by molar-refractivity contribution is -0.123. The van der Waals surface area contributed by atoms with Crippen molar-refractivity contribution in [3.05, 3.63) is 24.0 Å². The van der Waals surface area contributed by atoms with Gasteiger partial charge in [-0.25, -0.2) is 4.79 Å². The second kappa shape index (κ2) is 6.76. The van der Waals surface area contributed by atoms with Crippen molar-refractivity contribution in [2.75, 3.05) is 19.6 Å². The molecule has 2 heterocycles. The summed E-state index contributed by atoms with van der Waals surface area (Å²) in [7, 11) is 0. The fraction of sp³-hybridized carbons (Fsp3) is 0.600. The number of rotatable bonds is 5. The molecule has 2 rings (SSSR count). The van der Waals surface area contributed by atoms with Crippen molar-refractivity contribution in [1.29, 1.82) is 0 Å². The number of likely N-dealkylation sites (tertiary alicyclic amines) is 1. The first-order valence-electron chi connectivity index (χ1n) is 7.39. The van der Waals surface area contributed by atoms with Crippen LogP contribution >= 0.6 is 0 Å². The number of hydrogen-bond acceptors (Lipinski definition) is 3. The lowest BCUT2D eigenvalue weighted by Crippen LogP contribution is -2.43. The third kappa shape index (κ3) is 4.07. The molecule has 1 aliphatic rings. The summed E-state index contributed by atoms with van der Waals surface area (Å²) < 4.78 is 1.84. The Morgan fingerprint density at radius 2 is 2.05 bits per heavy atom. The molecule has 0 saturated carbocycles. The molecule has 6 heteroatoms. The molecule has 0 bridgehead atoms. The molecule has 1 aromatic rings. The molecule has 0 unspecified atom stereocenters. The fourth-order valence-corrected chi connectivity index (χ4v) is 2.82. The number of carbonyl (C=O) groups is 2. The third-order valence-corrected chi connectivity index (χ3v) is 3.77. The maximum absolute atomic E-state index is 11.7. The van der Waals surface area contributed by atoms with Crippen LogP contribution in [0.4, 0.5) is 0 Å². The highest BCUT2D eigenvalue weighted by Crippen LogP contribution is 2.24. The Bertz CT molecular complexity index is 502. The number of carbonyl (C=O) groups excluding carboxylic acids is 1. The molecule has 0 atom stereocenters. The molecule has 1 amide bonds. The number of hydrogen-bond donors (Lipinski definition) is 2. The molecule has 0 radical (unpaired) electrons. The number of aromatic carboxylic acids is 1. The van der Waals surface area contributed by atoms with E-state index in [-0.39, 0.29) is 18.0 Å². The van der Waals surface area contributed by atoms with Gasteiger partial charge in [0.25, 0.3) is 0 Å². The van der Waals surface area contributed by atoms with E-state index in [4.69, 9.17) is 5.11 Å². The van der Waals surface area contributed by atoms with E-state index in [1.807, 2.05) is 24.6 Å². The first-order chi connectivity index (χ1) is 9.97. The number of aromatic nitrogens is 1. The van der Waals surface area contributed by atoms with Crippen LogP contribution in [0, 0.1) is 0 Å². The largest absolute Gasteiger partial charge is 0.477 e. The highest BCUT2D eigenvalue weighted by Gasteiger charge is 2.24. The minimum Gasteiger partial charge on any atom is -0.477 e. The lowest BCUT2D eigenvalue weighted by atomic mass is 10.0. The molecule has 1 aromatic heterocycles. The Labute approximate surface area is 124 Å². The van der Waals surface area contributed by atoms with Crippen molar-refractivity contribution in [3.8, 4) is 0 Å². The lowest BCUT2D eigenvalue weighted by Gasteiger charge is -2.32. The number of amides is 1. The topological polar surface area (TPSA) is 74.6 Å². The zero-order valence-corrected chi connectivity index (χ0v) is 12.6. The van der Waals surface area contributed by atoms with E-state index in [0.717, 1.165) is 25.9 Å². The zero-order chi connectivity index (χ0) is 15.4. The van der Waals surface area contributed by atoms with Crippen LogP contribution in [0.25, 0.3) is 0 Å². The van der Waals surface area contributed by atoms with Crippen LogP contribution in [0.5, 0.6) is 0 Å². The number of carboxylic acids is 1. The van der Waals surface area contributed by atoms with Gasteiger partial charge in [0.1, 0.15) is 5.69 Å². The number of carboxylic acid groups (broad SMARTS) is 1. The van der Waals surface area contributed by atoms with E-state index in [2.05, 4.69) is 10.2 Å². The molecule has 1 aliphatic heterocycles. The van der Waals surface area contributed by atoms with Crippen molar-refractivity contribution >= 4 is 11.9 Å². The van der Waals surface area contributed by atoms with Crippen LogP contribution in [0.1, 0.15) is 43.2 Å². The summed E-state index contributed by atoms with van der Waals surface area (Å²) in [5.41, 5.74) is 0.339. The molecule has 1 saturated heterocycles. The molecule has 1 fully saturated rings. The average molecular weight is 293 g/mol. The van der Waals surface area contributed by atoms with Gasteiger partial charge >= 0.3 is 5.97 Å². The van der Waals surface area contributed by atoms with E-state index in [1.54, 1.807) is 12.1 Å². The molecule has 116 valence electrons. The van der Waals surface area contributed by atoms with Gasteiger partial charge in [-0.15, -0.1) is 0 Å². The van der Waals surface area contributed by atoms with Crippen molar-refractivity contribution in [1.82, 2.24) is 14.8 Å². The summed E-state index contributed by atoms with van der Waals surface area (Å²) in [6.45, 7) is 5.94. The van der Waals surface area contributed by atoms with Crippen LogP contribution in [0.15, 0.2) is 18.3 Å². The van der Waals surface area contributed by atoms with Gasteiger partial charge in [-0.2, -0.15) is 0 Å². The quantitative estimate of drug-likeness (QED) is 0.859. The average Bonchev–Trinajstić information content (AvgIpc) is 2.88. The van der Waals surface area contributed by atoms with E-state index >= 15 is 0 Å². The Morgan fingerprint density at radius 1 is 1.38 bits per heavy atom. The Morgan fingerprint density at radius 3 is 2.62 bits per heavy atom. The fourth-order valence-electron chi connectivity index (χ4n) is 2.82. The van der Waals surface area contributed by atoms with Crippen molar-refractivity contribution in [3.63, 3.8) is 0 Å². The van der Waals surface area contributed by atoms with Crippen molar-refractivity contribution < 1.29 is 14.7 Å². The Kier molecular flexibility index (Phi) is 5.01. The van der Waals surface area contributed by atoms with E-state index in [1.165, 1.54) is 0 Å². The van der Waals surface area contributed by atoms with Crippen LogP contribution in [-0.4, -0.2) is 52.1 Å². The highest BCUT2D eigenvalue weighted by molar-refractivity contribution is 5.85. The van der Waals surface area contributed by atoms with Crippen molar-refractivity contribution in [2.45, 2.75) is 38.8 Å². The van der Waals surface area contributed by atoms with Gasteiger partial charge in [0.15, 0.2) is 0 Å². The smallest absolute Gasteiger partial charge is 0.352 e. The van der Waals surface area contributed by atoms with Gasteiger partial charge in [-0.05, 0) is 38.8 Å². The molecule has 2 N–H and O–H groups in total. The van der Waals surface area contributed by atoms with Gasteiger partial charge < -0.3 is 15.0 Å². The first-order valence-corrected chi connectivity index (χ1v) is 7.39. The van der Waals surface area contributed by atoms with Gasteiger partial charge in [0, 0.05) is 31.4 Å². The molecule has 0 aliphatic carbocycles. The van der Waals surface area contributed by atoms with E-state index < -0.39 is 5.97 Å². The van der Waals surface area contributed by atoms with Crippen LogP contribution in [0.2, 0.25) is 0 Å². The number of nitrogens with zero attached hydrogens (tertiary/aromatic N) is 2. The Hall–Kier alpha value is -1.82. The summed E-state index contributed by atoms with van der Waals surface area (Å²) in [5.74, 6) is -0.839. The molecule has 0 spiro atoms. The highest BCUT2D eigenvalue weighted by atomic mass is 16.4. The maximum Gasteiger partial charge on any atom is 0.352 e. The maximum atomic E-state index is 11.7. The standard InChI is InChI=1S/C15H23N3O3/c1-11(2)16-14(19)10-17-8-5-12(6-9-17)18-7-3-4-13(18)15(20)21/h3-4,7,11-12H,5-6,8-10H2,1-2H3,(H,16,19)(H,20,21). The van der Waals surface area contributed by atoms with Gasteiger partial charge in [0.2, 0.25) is 5.91 Å². The second-order valence-corrected chi connectivity index (χ2v) is 5.84. The van der Waals surface area contributed by atoms with E-state index in [9.17, 15) is 9.59 Å². The first kappa shape index (κ1) is 15.6. The van der Waals surface area contributed by atoms with Gasteiger partial charge in [0.05, 0.1) is 6.54 Å². The molecule has 0 aromatic carbocycles. The second-order valence-electron chi connectivity index (χ2n) is 5.84. The zero-order valence-electron chi connectivity index (χ0n) is 12.6. The predicted octanol–water partition coefficient (Wildman–Crippen LogP) is 1.35. The summed E-state index contributed by atoms with van der Waals surface area (Å²) in [6.07, 6.45) is 3.56. The summed E-state index contributed by atoms with van der Waals surface area (Å²) in [4.78, 5) is 25.0. The number of piperidine rings is 1. The number of nitrogens with one attached hydrogen (secondary N) is 1. The monoisotopic (exact) mass is 293 g/mol. The predicted molar refractivity (Wildman–Crippen MR) is 79.4 cm³/mol. The minimum atomic E-state index is -0.890. The van der Waals surface area contributed by atoms with Crippen molar-refractivity contribution in [2.24, 2.45) is 0 Å². The molecular formula is C15H23N3O3. The van der Waals surface area contributed by atoms with Crippen LogP contribution in [0.3, 0.4) is 0 Å². The molecular weight excluding hydrogens is 270 g/mol. The normalized spacial score (nSPS) is 17.1. The van der Waals surface area contributed by atoms with Gasteiger partial charge in [-0.3, -0.25) is 9.69 Å². The summed E-state index contributed by atoms with van der Waals surface area (Å²) in [6, 6.07) is 3.76. The van der Waals surface area contributed by atoms with Gasteiger partial charge in [-0.1, -0.05) is 0 Å². The summed E-state index contributed by atoms with van der Waals surface area (Å²) >= 11 is 0. The van der Waals surface area contributed by atoms with E-state index in [0.29, 0.717) is 12.2 Å². The third-order valence-electron chi connectivity index (χ3n) is 3.77. The Balaban J connectivity index is 1.87. The van der Waals surface area contributed by atoms with Crippen LogP contribution in [-0.2, 0) is 4.79 Å².